The third-order valence-corrected chi connectivity index (χ3v) is 3.34. The monoisotopic (exact) mass is 194 g/mol. The van der Waals surface area contributed by atoms with Crippen LogP contribution in [0.5, 0.6) is 0 Å². The standard InChI is InChI=1S/C11H18N2O/c1-3-7-13-8-6-12-10(13)11(14)5-4-9(11)2/h6,8-9,14H,3-5,7H2,1-2H3. The molecule has 1 aromatic rings. The predicted molar refractivity (Wildman–Crippen MR) is 54.8 cm³/mol. The molecule has 0 spiro atoms. The number of aliphatic hydroxyl groups is 1. The molecular formula is C11H18N2O. The maximum Gasteiger partial charge on any atom is 0.141 e. The van der Waals surface area contributed by atoms with E-state index in [1.54, 1.807) is 6.20 Å². The molecule has 1 N–H and O–H groups in total. The lowest BCUT2D eigenvalue weighted by atomic mass is 9.70. The van der Waals surface area contributed by atoms with Crippen molar-refractivity contribution in [1.29, 1.82) is 0 Å². The Kier molecular flexibility index (Phi) is 2.35. The third-order valence-electron chi connectivity index (χ3n) is 3.34. The van der Waals surface area contributed by atoms with Crippen molar-refractivity contribution in [3.63, 3.8) is 0 Å². The number of hydrogen-bond acceptors (Lipinski definition) is 2. The van der Waals surface area contributed by atoms with Gasteiger partial charge in [0.2, 0.25) is 0 Å². The van der Waals surface area contributed by atoms with Crippen LogP contribution in [0.25, 0.3) is 0 Å². The van der Waals surface area contributed by atoms with Gasteiger partial charge in [0, 0.05) is 18.9 Å². The third kappa shape index (κ3) is 1.27. The smallest absolute Gasteiger partial charge is 0.141 e. The van der Waals surface area contributed by atoms with E-state index < -0.39 is 5.60 Å². The van der Waals surface area contributed by atoms with Crippen LogP contribution in [0.1, 0.15) is 38.9 Å². The zero-order valence-corrected chi connectivity index (χ0v) is 8.90. The highest BCUT2D eigenvalue weighted by atomic mass is 16.3. The van der Waals surface area contributed by atoms with Crippen molar-refractivity contribution in [2.24, 2.45) is 5.92 Å². The highest BCUT2D eigenvalue weighted by Gasteiger charge is 2.46. The van der Waals surface area contributed by atoms with Crippen molar-refractivity contribution in [3.05, 3.63) is 18.2 Å². The Morgan fingerprint density at radius 2 is 2.50 bits per heavy atom. The summed E-state index contributed by atoms with van der Waals surface area (Å²) < 4.78 is 2.08. The molecule has 2 rings (SSSR count). The first kappa shape index (κ1) is 9.71. The van der Waals surface area contributed by atoms with Crippen molar-refractivity contribution < 1.29 is 5.11 Å². The van der Waals surface area contributed by atoms with Gasteiger partial charge in [-0.1, -0.05) is 13.8 Å². The number of imidazole rings is 1. The molecule has 78 valence electrons. The van der Waals surface area contributed by atoms with Crippen molar-refractivity contribution in [1.82, 2.24) is 9.55 Å². The molecule has 0 amide bonds. The van der Waals surface area contributed by atoms with Gasteiger partial charge in [-0.15, -0.1) is 0 Å². The number of nitrogens with zero attached hydrogens (tertiary/aromatic N) is 2. The second kappa shape index (κ2) is 3.39. The molecule has 1 aromatic heterocycles. The molecule has 1 saturated carbocycles. The van der Waals surface area contributed by atoms with E-state index in [0.717, 1.165) is 31.6 Å². The normalized spacial score (nSPS) is 31.5. The Morgan fingerprint density at radius 1 is 1.71 bits per heavy atom. The van der Waals surface area contributed by atoms with E-state index in [1.807, 2.05) is 6.20 Å². The lowest BCUT2D eigenvalue weighted by molar-refractivity contribution is -0.102. The molecular weight excluding hydrogens is 176 g/mol. The minimum atomic E-state index is -0.654. The molecule has 0 bridgehead atoms. The van der Waals surface area contributed by atoms with Crippen LogP contribution in [0.4, 0.5) is 0 Å². The van der Waals surface area contributed by atoms with E-state index in [9.17, 15) is 5.11 Å². The van der Waals surface area contributed by atoms with Crippen molar-refractivity contribution in [2.45, 2.75) is 45.3 Å². The fourth-order valence-electron chi connectivity index (χ4n) is 2.15. The Balaban J connectivity index is 2.27. The molecule has 1 fully saturated rings. The van der Waals surface area contributed by atoms with Gasteiger partial charge in [0.1, 0.15) is 11.4 Å². The van der Waals surface area contributed by atoms with Gasteiger partial charge >= 0.3 is 0 Å². The van der Waals surface area contributed by atoms with Crippen LogP contribution in [0.3, 0.4) is 0 Å². The van der Waals surface area contributed by atoms with Crippen LogP contribution in [-0.2, 0) is 12.1 Å². The predicted octanol–water partition coefficient (Wildman–Crippen LogP) is 1.91. The van der Waals surface area contributed by atoms with Gasteiger partial charge in [0.25, 0.3) is 0 Å². The molecule has 3 nitrogen and oxygen atoms in total. The molecule has 0 saturated heterocycles. The zero-order chi connectivity index (χ0) is 10.2. The van der Waals surface area contributed by atoms with Crippen LogP contribution >= 0.6 is 0 Å². The zero-order valence-electron chi connectivity index (χ0n) is 8.90. The fourth-order valence-corrected chi connectivity index (χ4v) is 2.15. The SMILES string of the molecule is CCCn1ccnc1C1(O)CCC1C. The molecule has 2 unspecified atom stereocenters. The summed E-state index contributed by atoms with van der Waals surface area (Å²) in [5.41, 5.74) is -0.654. The van der Waals surface area contributed by atoms with E-state index in [2.05, 4.69) is 23.4 Å². The van der Waals surface area contributed by atoms with Crippen molar-refractivity contribution >= 4 is 0 Å². The lowest BCUT2D eigenvalue weighted by Gasteiger charge is -2.42. The van der Waals surface area contributed by atoms with E-state index in [0.29, 0.717) is 5.92 Å². The van der Waals surface area contributed by atoms with Gasteiger partial charge in [0.15, 0.2) is 0 Å². The van der Waals surface area contributed by atoms with E-state index in [-0.39, 0.29) is 0 Å². The van der Waals surface area contributed by atoms with Crippen LogP contribution in [0.15, 0.2) is 12.4 Å². The average Bonchev–Trinajstić information content (AvgIpc) is 2.63. The summed E-state index contributed by atoms with van der Waals surface area (Å²) in [6.07, 6.45) is 6.79. The second-order valence-electron chi connectivity index (χ2n) is 4.31. The van der Waals surface area contributed by atoms with Crippen LogP contribution < -0.4 is 0 Å². The Morgan fingerprint density at radius 3 is 3.00 bits per heavy atom. The van der Waals surface area contributed by atoms with Crippen molar-refractivity contribution in [2.75, 3.05) is 0 Å². The largest absolute Gasteiger partial charge is 0.382 e. The van der Waals surface area contributed by atoms with E-state index in [4.69, 9.17) is 0 Å². The number of aromatic nitrogens is 2. The molecule has 2 atom stereocenters. The first-order valence-corrected chi connectivity index (χ1v) is 5.42. The molecule has 1 aliphatic rings. The molecule has 3 heteroatoms. The molecule has 14 heavy (non-hydrogen) atoms. The summed E-state index contributed by atoms with van der Waals surface area (Å²) in [6.45, 7) is 5.18. The quantitative estimate of drug-likeness (QED) is 0.798. The highest BCUT2D eigenvalue weighted by Crippen LogP contribution is 2.45. The minimum Gasteiger partial charge on any atom is -0.382 e. The molecule has 0 radical (unpaired) electrons. The molecule has 0 aromatic carbocycles. The van der Waals surface area contributed by atoms with E-state index in [1.165, 1.54) is 0 Å². The van der Waals surface area contributed by atoms with E-state index >= 15 is 0 Å². The summed E-state index contributed by atoms with van der Waals surface area (Å²) in [7, 11) is 0. The van der Waals surface area contributed by atoms with Crippen LogP contribution in [-0.4, -0.2) is 14.7 Å². The number of rotatable bonds is 3. The van der Waals surface area contributed by atoms with Crippen LogP contribution in [0, 0.1) is 5.92 Å². The lowest BCUT2D eigenvalue weighted by Crippen LogP contribution is -2.44. The molecule has 0 aliphatic heterocycles. The minimum absolute atomic E-state index is 0.348. The van der Waals surface area contributed by atoms with Gasteiger partial charge in [-0.25, -0.2) is 4.98 Å². The summed E-state index contributed by atoms with van der Waals surface area (Å²) in [6, 6.07) is 0. The first-order chi connectivity index (χ1) is 6.68. The van der Waals surface area contributed by atoms with Gasteiger partial charge < -0.3 is 9.67 Å². The number of aryl methyl sites for hydroxylation is 1. The van der Waals surface area contributed by atoms with Crippen molar-refractivity contribution in [3.8, 4) is 0 Å². The number of hydrogen-bond donors (Lipinski definition) is 1. The molecule has 1 heterocycles. The van der Waals surface area contributed by atoms with Gasteiger partial charge in [-0.3, -0.25) is 0 Å². The highest BCUT2D eigenvalue weighted by molar-refractivity contribution is 5.11. The summed E-state index contributed by atoms with van der Waals surface area (Å²) in [5, 5.41) is 10.4. The van der Waals surface area contributed by atoms with Gasteiger partial charge in [0.05, 0.1) is 0 Å². The van der Waals surface area contributed by atoms with Gasteiger partial charge in [-0.05, 0) is 25.2 Å². The fraction of sp³-hybridized carbons (Fsp3) is 0.727. The Bertz CT molecular complexity index is 321. The average molecular weight is 194 g/mol. The summed E-state index contributed by atoms with van der Waals surface area (Å²) >= 11 is 0. The maximum absolute atomic E-state index is 10.4. The Labute approximate surface area is 84.8 Å². The summed E-state index contributed by atoms with van der Waals surface area (Å²) in [4.78, 5) is 4.29. The van der Waals surface area contributed by atoms with Gasteiger partial charge in [-0.2, -0.15) is 0 Å². The summed E-state index contributed by atoms with van der Waals surface area (Å²) in [5.74, 6) is 1.21. The maximum atomic E-state index is 10.4. The topological polar surface area (TPSA) is 38.0 Å². The molecule has 1 aliphatic carbocycles. The van der Waals surface area contributed by atoms with Crippen LogP contribution in [0.2, 0.25) is 0 Å². The first-order valence-electron chi connectivity index (χ1n) is 5.42. The Hall–Kier alpha value is -0.830. The second-order valence-corrected chi connectivity index (χ2v) is 4.31.